The summed E-state index contributed by atoms with van der Waals surface area (Å²) in [6, 6.07) is 0. The topological polar surface area (TPSA) is 32.3 Å². The second kappa shape index (κ2) is 3.56. The molecule has 1 saturated heterocycles. The second-order valence-electron chi connectivity index (χ2n) is 2.96. The average molecular weight is 164 g/mol. The largest absolute Gasteiger partial charge is 0.394 e. The van der Waals surface area contributed by atoms with Crippen LogP contribution in [0.2, 0.25) is 0 Å². The van der Waals surface area contributed by atoms with E-state index in [1.807, 2.05) is 0 Å². The third kappa shape index (κ3) is 1.62. The quantitative estimate of drug-likeness (QED) is 0.589. The van der Waals surface area contributed by atoms with E-state index in [2.05, 4.69) is 5.32 Å². The maximum atomic E-state index is 8.99. The molecule has 0 saturated carbocycles. The highest BCUT2D eigenvalue weighted by Crippen LogP contribution is 2.19. The summed E-state index contributed by atoms with van der Waals surface area (Å²) >= 11 is 5.71. The van der Waals surface area contributed by atoms with E-state index in [4.69, 9.17) is 16.7 Å². The molecule has 1 aliphatic heterocycles. The highest BCUT2D eigenvalue weighted by Gasteiger charge is 2.29. The summed E-state index contributed by atoms with van der Waals surface area (Å²) in [6.07, 6.45) is 3.39. The third-order valence-electron chi connectivity index (χ3n) is 2.14. The molecule has 1 aliphatic rings. The number of hydrogen-bond acceptors (Lipinski definition) is 2. The Kier molecular flexibility index (Phi) is 2.96. The lowest BCUT2D eigenvalue weighted by molar-refractivity contribution is 0.150. The van der Waals surface area contributed by atoms with Crippen molar-refractivity contribution in [3.63, 3.8) is 0 Å². The maximum Gasteiger partial charge on any atom is 0.0625 e. The molecule has 1 fully saturated rings. The van der Waals surface area contributed by atoms with E-state index in [0.29, 0.717) is 5.88 Å². The van der Waals surface area contributed by atoms with E-state index in [9.17, 15) is 0 Å². The number of halogens is 1. The van der Waals surface area contributed by atoms with Crippen molar-refractivity contribution in [1.82, 2.24) is 5.32 Å². The van der Waals surface area contributed by atoms with Gasteiger partial charge in [0.05, 0.1) is 12.1 Å². The van der Waals surface area contributed by atoms with Crippen LogP contribution in [-0.2, 0) is 0 Å². The zero-order chi connectivity index (χ0) is 7.45. The standard InChI is InChI=1S/C7H14ClNO/c8-5-7(6-10)3-1-2-4-9-7/h9-10H,1-6H2. The molecule has 10 heavy (non-hydrogen) atoms. The predicted octanol–water partition coefficient (Wildman–Crippen LogP) is 0.730. The molecule has 0 aliphatic carbocycles. The molecule has 2 N–H and O–H groups in total. The van der Waals surface area contributed by atoms with Gasteiger partial charge in [0.1, 0.15) is 0 Å². The van der Waals surface area contributed by atoms with Crippen molar-refractivity contribution in [3.8, 4) is 0 Å². The fourth-order valence-corrected chi connectivity index (χ4v) is 1.63. The second-order valence-corrected chi connectivity index (χ2v) is 3.22. The zero-order valence-corrected chi connectivity index (χ0v) is 6.82. The van der Waals surface area contributed by atoms with Crippen molar-refractivity contribution in [1.29, 1.82) is 0 Å². The Hall–Kier alpha value is 0.210. The van der Waals surface area contributed by atoms with E-state index in [1.165, 1.54) is 12.8 Å². The van der Waals surface area contributed by atoms with Crippen molar-refractivity contribution in [3.05, 3.63) is 0 Å². The highest BCUT2D eigenvalue weighted by atomic mass is 35.5. The van der Waals surface area contributed by atoms with Gasteiger partial charge in [-0.15, -0.1) is 11.6 Å². The summed E-state index contributed by atoms with van der Waals surface area (Å²) in [7, 11) is 0. The van der Waals surface area contributed by atoms with Gasteiger partial charge in [0.15, 0.2) is 0 Å². The molecule has 1 unspecified atom stereocenters. The molecule has 0 amide bonds. The van der Waals surface area contributed by atoms with Crippen LogP contribution in [0.1, 0.15) is 19.3 Å². The third-order valence-corrected chi connectivity index (χ3v) is 2.65. The first-order valence-corrected chi connectivity index (χ1v) is 4.28. The molecule has 0 aromatic rings. The lowest BCUT2D eigenvalue weighted by atomic mass is 9.92. The van der Waals surface area contributed by atoms with Gasteiger partial charge in [0.2, 0.25) is 0 Å². The molecule has 0 aromatic carbocycles. The average Bonchev–Trinajstić information content (AvgIpc) is 2.06. The lowest BCUT2D eigenvalue weighted by Gasteiger charge is -2.34. The van der Waals surface area contributed by atoms with Gasteiger partial charge in [-0.25, -0.2) is 0 Å². The molecule has 60 valence electrons. The molecular weight excluding hydrogens is 150 g/mol. The van der Waals surface area contributed by atoms with Crippen LogP contribution in [0.15, 0.2) is 0 Å². The molecule has 0 aromatic heterocycles. The Labute approximate surface area is 66.6 Å². The first-order chi connectivity index (χ1) is 4.83. The van der Waals surface area contributed by atoms with Gasteiger partial charge in [-0.3, -0.25) is 0 Å². The first kappa shape index (κ1) is 8.31. The van der Waals surface area contributed by atoms with E-state index >= 15 is 0 Å². The fourth-order valence-electron chi connectivity index (χ4n) is 1.32. The van der Waals surface area contributed by atoms with Gasteiger partial charge in [-0.2, -0.15) is 0 Å². The summed E-state index contributed by atoms with van der Waals surface area (Å²) in [5, 5.41) is 12.2. The number of hydrogen-bond donors (Lipinski definition) is 2. The normalized spacial score (nSPS) is 34.2. The van der Waals surface area contributed by atoms with Crippen LogP contribution >= 0.6 is 11.6 Å². The summed E-state index contributed by atoms with van der Waals surface area (Å²) < 4.78 is 0. The molecule has 3 heteroatoms. The SMILES string of the molecule is OCC1(CCl)CCCCN1. The van der Waals surface area contributed by atoms with Crippen LogP contribution in [0.25, 0.3) is 0 Å². The number of nitrogens with one attached hydrogen (secondary N) is 1. The fraction of sp³-hybridized carbons (Fsp3) is 1.00. The minimum absolute atomic E-state index is 0.163. The smallest absolute Gasteiger partial charge is 0.0625 e. The van der Waals surface area contributed by atoms with Gasteiger partial charge in [0, 0.05) is 5.88 Å². The Morgan fingerprint density at radius 3 is 2.60 bits per heavy atom. The van der Waals surface area contributed by atoms with Crippen molar-refractivity contribution >= 4 is 11.6 Å². The molecular formula is C7H14ClNO. The van der Waals surface area contributed by atoms with Gasteiger partial charge in [0.25, 0.3) is 0 Å². The van der Waals surface area contributed by atoms with Gasteiger partial charge in [-0.1, -0.05) is 6.42 Å². The number of alkyl halides is 1. The minimum atomic E-state index is -0.167. The first-order valence-electron chi connectivity index (χ1n) is 3.75. The molecule has 0 spiro atoms. The molecule has 0 bridgehead atoms. The number of aliphatic hydroxyl groups is 1. The summed E-state index contributed by atoms with van der Waals surface area (Å²) in [5.41, 5.74) is -0.167. The van der Waals surface area contributed by atoms with Crippen molar-refractivity contribution in [2.45, 2.75) is 24.8 Å². The van der Waals surface area contributed by atoms with E-state index in [-0.39, 0.29) is 12.1 Å². The monoisotopic (exact) mass is 163 g/mol. The van der Waals surface area contributed by atoms with Crippen LogP contribution in [0.3, 0.4) is 0 Å². The van der Waals surface area contributed by atoms with Crippen LogP contribution < -0.4 is 5.32 Å². The maximum absolute atomic E-state index is 8.99. The van der Waals surface area contributed by atoms with Crippen LogP contribution in [0.5, 0.6) is 0 Å². The van der Waals surface area contributed by atoms with Crippen LogP contribution in [0.4, 0.5) is 0 Å². The molecule has 1 heterocycles. The molecule has 0 radical (unpaired) electrons. The Balaban J connectivity index is 2.44. The Morgan fingerprint density at radius 1 is 1.50 bits per heavy atom. The minimum Gasteiger partial charge on any atom is -0.394 e. The van der Waals surface area contributed by atoms with Gasteiger partial charge < -0.3 is 10.4 Å². The summed E-state index contributed by atoms with van der Waals surface area (Å²) in [5.74, 6) is 0.517. The Morgan fingerprint density at radius 2 is 2.30 bits per heavy atom. The van der Waals surface area contributed by atoms with E-state index in [1.54, 1.807) is 0 Å². The highest BCUT2D eigenvalue weighted by molar-refractivity contribution is 6.18. The number of piperidine rings is 1. The predicted molar refractivity (Wildman–Crippen MR) is 42.4 cm³/mol. The lowest BCUT2D eigenvalue weighted by Crippen LogP contribution is -2.53. The van der Waals surface area contributed by atoms with Crippen molar-refractivity contribution in [2.75, 3.05) is 19.0 Å². The van der Waals surface area contributed by atoms with E-state index < -0.39 is 0 Å². The summed E-state index contributed by atoms with van der Waals surface area (Å²) in [6.45, 7) is 1.16. The number of aliphatic hydroxyl groups excluding tert-OH is 1. The summed E-state index contributed by atoms with van der Waals surface area (Å²) in [4.78, 5) is 0. The Bertz CT molecular complexity index is 95.8. The van der Waals surface area contributed by atoms with Crippen molar-refractivity contribution < 1.29 is 5.11 Å². The molecule has 2 nitrogen and oxygen atoms in total. The van der Waals surface area contributed by atoms with Gasteiger partial charge >= 0.3 is 0 Å². The van der Waals surface area contributed by atoms with Gasteiger partial charge in [-0.05, 0) is 19.4 Å². The van der Waals surface area contributed by atoms with E-state index in [0.717, 1.165) is 13.0 Å². The van der Waals surface area contributed by atoms with Crippen LogP contribution in [0, 0.1) is 0 Å². The number of rotatable bonds is 2. The molecule has 1 atom stereocenters. The van der Waals surface area contributed by atoms with Crippen molar-refractivity contribution in [2.24, 2.45) is 0 Å². The zero-order valence-electron chi connectivity index (χ0n) is 6.07. The molecule has 1 rings (SSSR count). The van der Waals surface area contributed by atoms with Crippen LogP contribution in [-0.4, -0.2) is 29.7 Å².